The molecule has 1 aromatic heterocycles. The van der Waals surface area contributed by atoms with Crippen LogP contribution in [0.25, 0.3) is 5.69 Å². The zero-order chi connectivity index (χ0) is 15.4. The second-order valence-corrected chi connectivity index (χ2v) is 5.58. The summed E-state index contributed by atoms with van der Waals surface area (Å²) in [7, 11) is 1.80. The van der Waals surface area contributed by atoms with E-state index < -0.39 is 0 Å². The van der Waals surface area contributed by atoms with Crippen LogP contribution in [0.4, 0.5) is 0 Å². The van der Waals surface area contributed by atoms with Gasteiger partial charge < -0.3 is 10.2 Å². The molecule has 0 radical (unpaired) electrons. The molecule has 116 valence electrons. The molecule has 1 aliphatic heterocycles. The highest BCUT2D eigenvalue weighted by atomic mass is 16.2. The van der Waals surface area contributed by atoms with Crippen LogP contribution in [0, 0.1) is 0 Å². The lowest BCUT2D eigenvalue weighted by molar-refractivity contribution is -0.131. The van der Waals surface area contributed by atoms with E-state index in [-0.39, 0.29) is 5.91 Å². The third kappa shape index (κ3) is 3.01. The molecule has 2 heterocycles. The fraction of sp³-hybridized carbons (Fsp3) is 0.438. The Hall–Kier alpha value is -2.21. The number of benzene rings is 1. The molecule has 1 N–H and O–H groups in total. The maximum Gasteiger partial charge on any atom is 0.236 e. The van der Waals surface area contributed by atoms with E-state index in [2.05, 4.69) is 32.2 Å². The first kappa shape index (κ1) is 14.7. The van der Waals surface area contributed by atoms with Gasteiger partial charge in [-0.05, 0) is 32.0 Å². The van der Waals surface area contributed by atoms with Crippen LogP contribution < -0.4 is 5.32 Å². The predicted molar refractivity (Wildman–Crippen MR) is 83.8 cm³/mol. The number of para-hydroxylation sites is 1. The summed E-state index contributed by atoms with van der Waals surface area (Å²) in [6, 6.07) is 10.1. The average Bonchev–Trinajstić information content (AvgIpc) is 3.06. The Morgan fingerprint density at radius 2 is 2.00 bits per heavy atom. The lowest BCUT2D eigenvalue weighted by Gasteiger charge is -2.31. The smallest absolute Gasteiger partial charge is 0.236 e. The summed E-state index contributed by atoms with van der Waals surface area (Å²) in [5.74, 6) is 1.51. The summed E-state index contributed by atoms with van der Waals surface area (Å²) < 4.78 is 2.05. The molecule has 2 aromatic rings. The van der Waals surface area contributed by atoms with Gasteiger partial charge in [0.15, 0.2) is 0 Å². The molecule has 0 aliphatic carbocycles. The van der Waals surface area contributed by atoms with E-state index >= 15 is 0 Å². The van der Waals surface area contributed by atoms with Gasteiger partial charge >= 0.3 is 0 Å². The molecule has 1 aromatic carbocycles. The zero-order valence-corrected chi connectivity index (χ0v) is 12.8. The summed E-state index contributed by atoms with van der Waals surface area (Å²) in [5.41, 5.74) is 1.08. The normalized spacial score (nSPS) is 16.0. The molecular formula is C16H21N5O. The first-order valence-electron chi connectivity index (χ1n) is 7.67. The van der Waals surface area contributed by atoms with Gasteiger partial charge in [0.25, 0.3) is 0 Å². The van der Waals surface area contributed by atoms with Crippen LogP contribution in [0.5, 0.6) is 0 Å². The molecule has 3 rings (SSSR count). The largest absolute Gasteiger partial charge is 0.342 e. The van der Waals surface area contributed by atoms with Gasteiger partial charge in [-0.15, -0.1) is 10.2 Å². The predicted octanol–water partition coefficient (Wildman–Crippen LogP) is 1.19. The quantitative estimate of drug-likeness (QED) is 0.921. The van der Waals surface area contributed by atoms with Gasteiger partial charge in [0, 0.05) is 24.7 Å². The topological polar surface area (TPSA) is 63.1 Å². The Bertz CT molecular complexity index is 616. The molecule has 1 amide bonds. The number of likely N-dealkylation sites (N-methyl/N-ethyl adjacent to an activating group) is 1. The summed E-state index contributed by atoms with van der Waals surface area (Å²) in [6.07, 6.45) is 3.63. The standard InChI is InChI=1S/C16H21N5O/c1-17-11-15(22)20-9-7-13(8-10-20)16-19-18-12-21(16)14-5-3-2-4-6-14/h2-6,12-13,17H,7-11H2,1H3. The zero-order valence-electron chi connectivity index (χ0n) is 12.8. The molecule has 0 saturated carbocycles. The van der Waals surface area contributed by atoms with Crippen molar-refractivity contribution >= 4 is 5.91 Å². The number of rotatable bonds is 4. The van der Waals surface area contributed by atoms with Crippen LogP contribution in [-0.4, -0.2) is 52.3 Å². The molecule has 0 spiro atoms. The van der Waals surface area contributed by atoms with Crippen LogP contribution in [0.1, 0.15) is 24.6 Å². The highest BCUT2D eigenvalue weighted by Crippen LogP contribution is 2.28. The molecule has 0 unspecified atom stereocenters. The summed E-state index contributed by atoms with van der Waals surface area (Å²) in [4.78, 5) is 13.8. The number of carbonyl (C=O) groups excluding carboxylic acids is 1. The van der Waals surface area contributed by atoms with Crippen molar-refractivity contribution in [2.24, 2.45) is 0 Å². The lowest BCUT2D eigenvalue weighted by atomic mass is 9.95. The van der Waals surface area contributed by atoms with E-state index in [1.807, 2.05) is 23.1 Å². The van der Waals surface area contributed by atoms with Gasteiger partial charge in [-0.3, -0.25) is 9.36 Å². The third-order valence-corrected chi connectivity index (χ3v) is 4.15. The van der Waals surface area contributed by atoms with Gasteiger partial charge in [0.05, 0.1) is 6.54 Å². The van der Waals surface area contributed by atoms with Crippen molar-refractivity contribution in [3.63, 3.8) is 0 Å². The Morgan fingerprint density at radius 3 is 2.68 bits per heavy atom. The van der Waals surface area contributed by atoms with Gasteiger partial charge in [0.1, 0.15) is 12.2 Å². The van der Waals surface area contributed by atoms with Crippen molar-refractivity contribution in [3.05, 3.63) is 42.5 Å². The SMILES string of the molecule is CNCC(=O)N1CCC(c2nncn2-c2ccccc2)CC1. The van der Waals surface area contributed by atoms with Crippen LogP contribution in [-0.2, 0) is 4.79 Å². The highest BCUT2D eigenvalue weighted by molar-refractivity contribution is 5.78. The monoisotopic (exact) mass is 299 g/mol. The number of carbonyl (C=O) groups is 1. The third-order valence-electron chi connectivity index (χ3n) is 4.15. The number of aromatic nitrogens is 3. The van der Waals surface area contributed by atoms with E-state index in [0.717, 1.165) is 37.4 Å². The summed E-state index contributed by atoms with van der Waals surface area (Å²) in [6.45, 7) is 1.98. The maximum atomic E-state index is 11.9. The minimum Gasteiger partial charge on any atom is -0.342 e. The molecule has 0 bridgehead atoms. The second-order valence-electron chi connectivity index (χ2n) is 5.58. The Morgan fingerprint density at radius 1 is 1.27 bits per heavy atom. The van der Waals surface area contributed by atoms with E-state index in [0.29, 0.717) is 12.5 Å². The van der Waals surface area contributed by atoms with Crippen LogP contribution in [0.15, 0.2) is 36.7 Å². The van der Waals surface area contributed by atoms with E-state index in [4.69, 9.17) is 0 Å². The van der Waals surface area contributed by atoms with Crippen molar-refractivity contribution in [2.75, 3.05) is 26.7 Å². The number of piperidine rings is 1. The van der Waals surface area contributed by atoms with Crippen molar-refractivity contribution in [1.29, 1.82) is 0 Å². The molecule has 0 atom stereocenters. The Labute approximate surface area is 130 Å². The van der Waals surface area contributed by atoms with Gasteiger partial charge in [-0.25, -0.2) is 0 Å². The van der Waals surface area contributed by atoms with Gasteiger partial charge in [-0.1, -0.05) is 18.2 Å². The fourth-order valence-corrected chi connectivity index (χ4v) is 2.96. The van der Waals surface area contributed by atoms with Crippen molar-refractivity contribution in [2.45, 2.75) is 18.8 Å². The Balaban J connectivity index is 1.70. The number of nitrogens with one attached hydrogen (secondary N) is 1. The molecule has 1 aliphatic rings. The second kappa shape index (κ2) is 6.70. The first-order chi connectivity index (χ1) is 10.8. The lowest BCUT2D eigenvalue weighted by Crippen LogP contribution is -2.42. The number of likely N-dealkylation sites (tertiary alicyclic amines) is 1. The molecule has 22 heavy (non-hydrogen) atoms. The van der Waals surface area contributed by atoms with Gasteiger partial charge in [-0.2, -0.15) is 0 Å². The van der Waals surface area contributed by atoms with Crippen LogP contribution >= 0.6 is 0 Å². The minimum absolute atomic E-state index is 0.172. The van der Waals surface area contributed by atoms with Crippen molar-refractivity contribution in [3.8, 4) is 5.69 Å². The van der Waals surface area contributed by atoms with E-state index in [9.17, 15) is 4.79 Å². The van der Waals surface area contributed by atoms with Gasteiger partial charge in [0.2, 0.25) is 5.91 Å². The Kier molecular flexibility index (Phi) is 4.48. The van der Waals surface area contributed by atoms with E-state index in [1.165, 1.54) is 0 Å². The number of amides is 1. The highest BCUT2D eigenvalue weighted by Gasteiger charge is 2.26. The summed E-state index contributed by atoms with van der Waals surface area (Å²) >= 11 is 0. The fourth-order valence-electron chi connectivity index (χ4n) is 2.96. The maximum absolute atomic E-state index is 11.9. The van der Waals surface area contributed by atoms with Crippen LogP contribution in [0.2, 0.25) is 0 Å². The number of hydrogen-bond acceptors (Lipinski definition) is 4. The van der Waals surface area contributed by atoms with Crippen LogP contribution in [0.3, 0.4) is 0 Å². The minimum atomic E-state index is 0.172. The molecule has 1 saturated heterocycles. The molecule has 6 nitrogen and oxygen atoms in total. The van der Waals surface area contributed by atoms with E-state index in [1.54, 1.807) is 13.4 Å². The van der Waals surface area contributed by atoms with Crippen molar-refractivity contribution in [1.82, 2.24) is 25.0 Å². The molecule has 6 heteroatoms. The first-order valence-corrected chi connectivity index (χ1v) is 7.67. The average molecular weight is 299 g/mol. The summed E-state index contributed by atoms with van der Waals surface area (Å²) in [5, 5.41) is 11.3. The van der Waals surface area contributed by atoms with Crippen molar-refractivity contribution < 1.29 is 4.79 Å². The molecular weight excluding hydrogens is 278 g/mol. The number of hydrogen-bond donors (Lipinski definition) is 1. The molecule has 1 fully saturated rings. The number of nitrogens with zero attached hydrogens (tertiary/aromatic N) is 4.